The molecule has 0 bridgehead atoms. The third-order valence-corrected chi connectivity index (χ3v) is 5.28. The summed E-state index contributed by atoms with van der Waals surface area (Å²) in [6.07, 6.45) is -0.0499. The van der Waals surface area contributed by atoms with Crippen LogP contribution < -0.4 is 10.6 Å². The van der Waals surface area contributed by atoms with Gasteiger partial charge in [0.25, 0.3) is 16.8 Å². The van der Waals surface area contributed by atoms with Crippen molar-refractivity contribution in [2.45, 2.75) is 16.9 Å². The number of nitrogen functional groups attached to an aromatic ring is 1. The molecule has 1 unspecified atom stereocenters. The molecule has 1 aliphatic heterocycles. The molecular weight excluding hydrogens is 398 g/mol. The van der Waals surface area contributed by atoms with Gasteiger partial charge in [-0.25, -0.2) is 4.90 Å². The first-order chi connectivity index (χ1) is 13.9. The summed E-state index contributed by atoms with van der Waals surface area (Å²) in [5.74, 6) is -0.643. The second kappa shape index (κ2) is 7.36. The van der Waals surface area contributed by atoms with Gasteiger partial charge in [0.05, 0.1) is 16.2 Å². The highest BCUT2D eigenvalue weighted by molar-refractivity contribution is 8.00. The van der Waals surface area contributed by atoms with Crippen LogP contribution in [0.5, 0.6) is 0 Å². The Morgan fingerprint density at radius 2 is 1.86 bits per heavy atom. The molecule has 2 aromatic carbocycles. The van der Waals surface area contributed by atoms with Crippen LogP contribution in [0.1, 0.15) is 6.42 Å². The number of para-hydroxylation sites is 1. The Morgan fingerprint density at radius 1 is 1.14 bits per heavy atom. The first kappa shape index (κ1) is 18.6. The molecule has 3 aromatic rings. The predicted molar refractivity (Wildman–Crippen MR) is 104 cm³/mol. The predicted octanol–water partition coefficient (Wildman–Crippen LogP) is 2.65. The van der Waals surface area contributed by atoms with Gasteiger partial charge in [-0.3, -0.25) is 19.7 Å². The van der Waals surface area contributed by atoms with E-state index in [-0.39, 0.29) is 28.9 Å². The molecule has 0 saturated carbocycles. The molecule has 2 heterocycles. The first-order valence-electron chi connectivity index (χ1n) is 8.40. The van der Waals surface area contributed by atoms with Crippen molar-refractivity contribution < 1.29 is 18.9 Å². The van der Waals surface area contributed by atoms with Crippen molar-refractivity contribution in [3.05, 3.63) is 58.6 Å². The molecule has 4 rings (SSSR count). The van der Waals surface area contributed by atoms with Gasteiger partial charge in [-0.15, -0.1) is 10.2 Å². The van der Waals surface area contributed by atoms with E-state index in [0.717, 1.165) is 16.7 Å². The molecule has 1 saturated heterocycles. The van der Waals surface area contributed by atoms with Crippen LogP contribution in [-0.2, 0) is 9.59 Å². The molecule has 146 valence electrons. The van der Waals surface area contributed by atoms with Gasteiger partial charge < -0.3 is 10.2 Å². The second-order valence-electron chi connectivity index (χ2n) is 6.11. The number of carbonyl (C=O) groups excluding carboxylic acids is 2. The quantitative estimate of drug-likeness (QED) is 0.290. The zero-order valence-corrected chi connectivity index (χ0v) is 15.5. The van der Waals surface area contributed by atoms with E-state index in [1.54, 1.807) is 24.3 Å². The maximum atomic E-state index is 12.7. The molecule has 2 N–H and O–H groups in total. The molecule has 11 heteroatoms. The molecule has 1 aromatic heterocycles. The van der Waals surface area contributed by atoms with E-state index < -0.39 is 22.0 Å². The van der Waals surface area contributed by atoms with E-state index in [1.807, 2.05) is 0 Å². The number of imide groups is 1. The summed E-state index contributed by atoms with van der Waals surface area (Å²) in [4.78, 5) is 36.3. The lowest BCUT2D eigenvalue weighted by molar-refractivity contribution is -0.384. The molecule has 10 nitrogen and oxygen atoms in total. The largest absolute Gasteiger partial charge is 0.411 e. The lowest BCUT2D eigenvalue weighted by Gasteiger charge is -2.14. The van der Waals surface area contributed by atoms with E-state index in [2.05, 4.69) is 10.2 Å². The number of aromatic nitrogens is 2. The van der Waals surface area contributed by atoms with Gasteiger partial charge >= 0.3 is 0 Å². The van der Waals surface area contributed by atoms with Crippen molar-refractivity contribution in [3.8, 4) is 11.5 Å². The number of carbonyl (C=O) groups is 2. The van der Waals surface area contributed by atoms with E-state index in [9.17, 15) is 19.7 Å². The topological polar surface area (TPSA) is 145 Å². The lowest BCUT2D eigenvalue weighted by atomic mass is 10.2. The molecular formula is C18H13N5O5S. The zero-order valence-electron chi connectivity index (χ0n) is 14.7. The van der Waals surface area contributed by atoms with E-state index in [4.69, 9.17) is 10.2 Å². The number of benzene rings is 2. The van der Waals surface area contributed by atoms with Crippen LogP contribution in [0.4, 0.5) is 17.1 Å². The standard InChI is InChI=1S/C18H13N5O5S/c19-13-4-2-1-3-12(13)16-20-21-18(28-16)29-14-9-15(24)22(17(14)25)10-5-7-11(8-6-10)23(26)27/h1-8,14H,9,19H2. The average Bonchev–Trinajstić information content (AvgIpc) is 3.27. The average molecular weight is 411 g/mol. The van der Waals surface area contributed by atoms with Crippen molar-refractivity contribution in [2.75, 3.05) is 10.6 Å². The minimum absolute atomic E-state index is 0.0499. The molecule has 2 amide bonds. The summed E-state index contributed by atoms with van der Waals surface area (Å²) < 4.78 is 5.58. The van der Waals surface area contributed by atoms with Crippen LogP contribution >= 0.6 is 11.8 Å². The number of hydrogen-bond donors (Lipinski definition) is 1. The monoisotopic (exact) mass is 411 g/mol. The minimum atomic E-state index is -0.737. The Kier molecular flexibility index (Phi) is 4.72. The van der Waals surface area contributed by atoms with Gasteiger partial charge in [-0.05, 0) is 24.3 Å². The highest BCUT2D eigenvalue weighted by Crippen LogP contribution is 2.35. The Hall–Kier alpha value is -3.73. The SMILES string of the molecule is Nc1ccccc1-c1nnc(SC2CC(=O)N(c3ccc([N+](=O)[O-])cc3)C2=O)o1. The number of anilines is 2. The van der Waals surface area contributed by atoms with Crippen molar-refractivity contribution in [1.82, 2.24) is 10.2 Å². The van der Waals surface area contributed by atoms with Crippen molar-refractivity contribution in [2.24, 2.45) is 0 Å². The van der Waals surface area contributed by atoms with Crippen LogP contribution in [0.2, 0.25) is 0 Å². The van der Waals surface area contributed by atoms with Crippen LogP contribution in [0, 0.1) is 10.1 Å². The van der Waals surface area contributed by atoms with Gasteiger partial charge in [0.15, 0.2) is 0 Å². The fraction of sp³-hybridized carbons (Fsp3) is 0.111. The summed E-state index contributed by atoms with van der Waals surface area (Å²) in [6, 6.07) is 12.2. The number of thioether (sulfide) groups is 1. The minimum Gasteiger partial charge on any atom is -0.411 e. The number of non-ortho nitro benzene ring substituents is 1. The van der Waals surface area contributed by atoms with Gasteiger partial charge in [0.2, 0.25) is 11.8 Å². The van der Waals surface area contributed by atoms with E-state index in [1.165, 1.54) is 24.3 Å². The third kappa shape index (κ3) is 3.55. The fourth-order valence-corrected chi connectivity index (χ4v) is 3.76. The lowest BCUT2D eigenvalue weighted by Crippen LogP contribution is -2.31. The smallest absolute Gasteiger partial charge is 0.277 e. The number of nitro groups is 1. The van der Waals surface area contributed by atoms with Crippen LogP contribution in [0.15, 0.2) is 58.2 Å². The zero-order chi connectivity index (χ0) is 20.5. The first-order valence-corrected chi connectivity index (χ1v) is 9.28. The van der Waals surface area contributed by atoms with Crippen molar-refractivity contribution in [1.29, 1.82) is 0 Å². The Bertz CT molecular complexity index is 1110. The van der Waals surface area contributed by atoms with E-state index >= 15 is 0 Å². The van der Waals surface area contributed by atoms with Crippen LogP contribution in [0.3, 0.4) is 0 Å². The summed E-state index contributed by atoms with van der Waals surface area (Å²) in [5.41, 5.74) is 7.10. The van der Waals surface area contributed by atoms with E-state index in [0.29, 0.717) is 11.3 Å². The number of nitrogens with zero attached hydrogens (tertiary/aromatic N) is 4. The highest BCUT2D eigenvalue weighted by atomic mass is 32.2. The third-order valence-electron chi connectivity index (χ3n) is 4.26. The van der Waals surface area contributed by atoms with Crippen LogP contribution in [-0.4, -0.2) is 32.2 Å². The van der Waals surface area contributed by atoms with Gasteiger partial charge in [-0.1, -0.05) is 23.9 Å². The maximum Gasteiger partial charge on any atom is 0.277 e. The number of rotatable bonds is 5. The maximum absolute atomic E-state index is 12.7. The van der Waals surface area contributed by atoms with Gasteiger partial charge in [0.1, 0.15) is 5.25 Å². The Labute approximate surface area is 167 Å². The molecule has 1 atom stereocenters. The number of hydrogen-bond acceptors (Lipinski definition) is 9. The molecule has 0 spiro atoms. The van der Waals surface area contributed by atoms with Gasteiger partial charge in [0, 0.05) is 24.2 Å². The van der Waals surface area contributed by atoms with Crippen molar-refractivity contribution in [3.63, 3.8) is 0 Å². The normalized spacial score (nSPS) is 16.4. The van der Waals surface area contributed by atoms with Gasteiger partial charge in [-0.2, -0.15) is 0 Å². The molecule has 1 fully saturated rings. The molecule has 0 aliphatic carbocycles. The van der Waals surface area contributed by atoms with Crippen molar-refractivity contribution >= 4 is 40.6 Å². The number of nitro benzene ring substituents is 1. The highest BCUT2D eigenvalue weighted by Gasteiger charge is 2.41. The summed E-state index contributed by atoms with van der Waals surface area (Å²) >= 11 is 0.990. The number of amides is 2. The summed E-state index contributed by atoms with van der Waals surface area (Å²) in [6.45, 7) is 0. The molecule has 1 aliphatic rings. The fourth-order valence-electron chi connectivity index (χ4n) is 2.87. The molecule has 0 radical (unpaired) electrons. The molecule has 29 heavy (non-hydrogen) atoms. The second-order valence-corrected chi connectivity index (χ2v) is 7.27. The Morgan fingerprint density at radius 3 is 2.55 bits per heavy atom. The Balaban J connectivity index is 1.51. The number of nitrogens with two attached hydrogens (primary N) is 1. The summed E-state index contributed by atoms with van der Waals surface area (Å²) in [5, 5.41) is 18.0. The summed E-state index contributed by atoms with van der Waals surface area (Å²) in [7, 11) is 0. The van der Waals surface area contributed by atoms with Crippen LogP contribution in [0.25, 0.3) is 11.5 Å².